The topological polar surface area (TPSA) is 75.3 Å². The highest BCUT2D eigenvalue weighted by molar-refractivity contribution is 7.91. The van der Waals surface area contributed by atoms with Gasteiger partial charge < -0.3 is 10.6 Å². The Balaban J connectivity index is 1.85. The van der Waals surface area contributed by atoms with Gasteiger partial charge in [-0.1, -0.05) is 6.07 Å². The van der Waals surface area contributed by atoms with E-state index in [0.29, 0.717) is 18.5 Å². The second-order valence-electron chi connectivity index (χ2n) is 4.53. The van der Waals surface area contributed by atoms with Crippen LogP contribution >= 0.6 is 0 Å². The number of halogens is 1. The first-order valence-corrected chi connectivity index (χ1v) is 7.80. The lowest BCUT2D eigenvalue weighted by Crippen LogP contribution is -2.42. The van der Waals surface area contributed by atoms with E-state index in [2.05, 4.69) is 10.6 Å². The van der Waals surface area contributed by atoms with E-state index < -0.39 is 21.7 Å². The molecule has 2 rings (SSSR count). The van der Waals surface area contributed by atoms with Crippen LogP contribution in [0.2, 0.25) is 0 Å². The molecule has 0 radical (unpaired) electrons. The summed E-state index contributed by atoms with van der Waals surface area (Å²) in [4.78, 5) is 11.7. The fraction of sp³-hybridized carbons (Fsp3) is 0.417. The Morgan fingerprint density at radius 1 is 1.26 bits per heavy atom. The van der Waals surface area contributed by atoms with E-state index in [1.165, 1.54) is 18.2 Å². The van der Waals surface area contributed by atoms with Crippen molar-refractivity contribution in [2.75, 3.05) is 16.8 Å². The molecule has 104 valence electrons. The Labute approximate surface area is 111 Å². The quantitative estimate of drug-likeness (QED) is 0.865. The molecule has 2 amide bonds. The van der Waals surface area contributed by atoms with Gasteiger partial charge in [0, 0.05) is 11.7 Å². The predicted molar refractivity (Wildman–Crippen MR) is 70.2 cm³/mol. The van der Waals surface area contributed by atoms with Gasteiger partial charge in [-0.3, -0.25) is 0 Å². The molecule has 1 fully saturated rings. The molecule has 1 aromatic carbocycles. The summed E-state index contributed by atoms with van der Waals surface area (Å²) in [7, 11) is -2.94. The van der Waals surface area contributed by atoms with Crippen molar-refractivity contribution in [2.45, 2.75) is 18.9 Å². The van der Waals surface area contributed by atoms with Crippen LogP contribution in [0.3, 0.4) is 0 Å². The number of sulfone groups is 1. The van der Waals surface area contributed by atoms with Crippen molar-refractivity contribution < 1.29 is 17.6 Å². The van der Waals surface area contributed by atoms with Gasteiger partial charge in [0.15, 0.2) is 0 Å². The molecule has 2 N–H and O–H groups in total. The molecular weight excluding hydrogens is 271 g/mol. The second kappa shape index (κ2) is 5.56. The van der Waals surface area contributed by atoms with E-state index in [1.807, 2.05) is 0 Å². The van der Waals surface area contributed by atoms with Gasteiger partial charge in [0.1, 0.15) is 15.7 Å². The molecule has 1 aromatic rings. The summed E-state index contributed by atoms with van der Waals surface area (Å²) >= 11 is 0. The van der Waals surface area contributed by atoms with E-state index in [4.69, 9.17) is 0 Å². The third kappa shape index (κ3) is 4.20. The number of carbonyl (C=O) groups is 1. The SMILES string of the molecule is O=C(Nc1cccc(F)c1)NC1CCS(=O)(=O)CC1. The number of carbonyl (C=O) groups excluding carboxylic acids is 1. The van der Waals surface area contributed by atoms with Crippen LogP contribution in [-0.4, -0.2) is 32.0 Å². The number of urea groups is 1. The highest BCUT2D eigenvalue weighted by Crippen LogP contribution is 2.13. The lowest BCUT2D eigenvalue weighted by molar-refractivity contribution is 0.247. The Hall–Kier alpha value is -1.63. The molecule has 0 aliphatic carbocycles. The second-order valence-corrected chi connectivity index (χ2v) is 6.84. The van der Waals surface area contributed by atoms with E-state index >= 15 is 0 Å². The van der Waals surface area contributed by atoms with Crippen molar-refractivity contribution >= 4 is 21.6 Å². The number of nitrogens with one attached hydrogen (secondary N) is 2. The van der Waals surface area contributed by atoms with Crippen LogP contribution < -0.4 is 10.6 Å². The van der Waals surface area contributed by atoms with Crippen LogP contribution in [0, 0.1) is 5.82 Å². The summed E-state index contributed by atoms with van der Waals surface area (Å²) in [5.74, 6) is -0.239. The largest absolute Gasteiger partial charge is 0.335 e. The maximum absolute atomic E-state index is 12.9. The molecule has 0 aromatic heterocycles. The number of benzene rings is 1. The molecule has 1 aliphatic heterocycles. The monoisotopic (exact) mass is 286 g/mol. The molecule has 1 aliphatic rings. The van der Waals surface area contributed by atoms with Gasteiger partial charge >= 0.3 is 6.03 Å². The Morgan fingerprint density at radius 3 is 2.58 bits per heavy atom. The van der Waals surface area contributed by atoms with Crippen LogP contribution in [0.5, 0.6) is 0 Å². The van der Waals surface area contributed by atoms with E-state index in [1.54, 1.807) is 6.07 Å². The minimum absolute atomic E-state index is 0.0952. The van der Waals surface area contributed by atoms with E-state index in [-0.39, 0.29) is 17.5 Å². The third-order valence-electron chi connectivity index (χ3n) is 2.97. The average Bonchev–Trinajstić information content (AvgIpc) is 2.32. The van der Waals surface area contributed by atoms with E-state index in [9.17, 15) is 17.6 Å². The molecular formula is C12H15FN2O3S. The zero-order valence-electron chi connectivity index (χ0n) is 10.2. The highest BCUT2D eigenvalue weighted by Gasteiger charge is 2.24. The third-order valence-corrected chi connectivity index (χ3v) is 4.69. The smallest absolute Gasteiger partial charge is 0.319 e. The summed E-state index contributed by atoms with van der Waals surface area (Å²) in [6.07, 6.45) is 0.831. The van der Waals surface area contributed by atoms with Crippen LogP contribution in [0.4, 0.5) is 14.9 Å². The number of amides is 2. The first-order chi connectivity index (χ1) is 8.94. The first kappa shape index (κ1) is 13.8. The number of anilines is 1. The lowest BCUT2D eigenvalue weighted by Gasteiger charge is -2.23. The fourth-order valence-corrected chi connectivity index (χ4v) is 3.44. The number of hydrogen-bond acceptors (Lipinski definition) is 3. The molecule has 0 unspecified atom stereocenters. The van der Waals surface area contributed by atoms with Crippen molar-refractivity contribution in [3.8, 4) is 0 Å². The van der Waals surface area contributed by atoms with Gasteiger partial charge in [-0.2, -0.15) is 0 Å². The van der Waals surface area contributed by atoms with Gasteiger partial charge in [-0.15, -0.1) is 0 Å². The molecule has 0 atom stereocenters. The highest BCUT2D eigenvalue weighted by atomic mass is 32.2. The normalized spacial score (nSPS) is 18.8. The minimum atomic E-state index is -2.94. The summed E-state index contributed by atoms with van der Waals surface area (Å²) < 4.78 is 35.4. The maximum Gasteiger partial charge on any atom is 0.319 e. The van der Waals surface area contributed by atoms with Crippen molar-refractivity contribution in [3.63, 3.8) is 0 Å². The van der Waals surface area contributed by atoms with Gasteiger partial charge in [0.2, 0.25) is 0 Å². The molecule has 19 heavy (non-hydrogen) atoms. The van der Waals surface area contributed by atoms with Gasteiger partial charge in [0.25, 0.3) is 0 Å². The van der Waals surface area contributed by atoms with Crippen LogP contribution in [0.25, 0.3) is 0 Å². The standard InChI is InChI=1S/C12H15FN2O3S/c13-9-2-1-3-11(8-9)15-12(16)14-10-4-6-19(17,18)7-5-10/h1-3,8,10H,4-7H2,(H2,14,15,16). The predicted octanol–water partition coefficient (Wildman–Crippen LogP) is 1.52. The molecule has 0 bridgehead atoms. The van der Waals surface area contributed by atoms with Gasteiger partial charge in [0.05, 0.1) is 11.5 Å². The fourth-order valence-electron chi connectivity index (χ4n) is 1.95. The van der Waals surface area contributed by atoms with Crippen LogP contribution in [0.15, 0.2) is 24.3 Å². The molecule has 5 nitrogen and oxygen atoms in total. The average molecular weight is 286 g/mol. The summed E-state index contributed by atoms with van der Waals surface area (Å²) in [5.41, 5.74) is 0.362. The molecule has 7 heteroatoms. The Kier molecular flexibility index (Phi) is 4.04. The summed E-state index contributed by atoms with van der Waals surface area (Å²) in [6.45, 7) is 0. The van der Waals surface area contributed by atoms with Gasteiger partial charge in [-0.25, -0.2) is 17.6 Å². The molecule has 1 heterocycles. The maximum atomic E-state index is 12.9. The summed E-state index contributed by atoms with van der Waals surface area (Å²) in [5, 5.41) is 5.20. The molecule has 0 spiro atoms. The van der Waals surface area contributed by atoms with Crippen molar-refractivity contribution in [1.82, 2.24) is 5.32 Å². The van der Waals surface area contributed by atoms with Crippen molar-refractivity contribution in [2.24, 2.45) is 0 Å². The Bertz CT molecular complexity index is 560. The van der Waals surface area contributed by atoms with Crippen LogP contribution in [-0.2, 0) is 9.84 Å². The zero-order valence-corrected chi connectivity index (χ0v) is 11.0. The van der Waals surface area contributed by atoms with Crippen molar-refractivity contribution in [3.05, 3.63) is 30.1 Å². The van der Waals surface area contributed by atoms with Crippen molar-refractivity contribution in [1.29, 1.82) is 0 Å². The molecule has 1 saturated heterocycles. The van der Waals surface area contributed by atoms with Crippen LogP contribution in [0.1, 0.15) is 12.8 Å². The number of hydrogen-bond donors (Lipinski definition) is 2. The first-order valence-electron chi connectivity index (χ1n) is 5.98. The minimum Gasteiger partial charge on any atom is -0.335 e. The zero-order chi connectivity index (χ0) is 13.9. The van der Waals surface area contributed by atoms with E-state index in [0.717, 1.165) is 0 Å². The lowest BCUT2D eigenvalue weighted by atomic mass is 10.2. The number of rotatable bonds is 2. The Morgan fingerprint density at radius 2 is 1.95 bits per heavy atom. The summed E-state index contributed by atoms with van der Waals surface area (Å²) in [6, 6.07) is 4.97. The van der Waals surface area contributed by atoms with Gasteiger partial charge in [-0.05, 0) is 31.0 Å². The molecule has 0 saturated carbocycles.